The lowest BCUT2D eigenvalue weighted by Crippen LogP contribution is -2.42. The Bertz CT molecular complexity index is 1020. The van der Waals surface area contributed by atoms with Crippen LogP contribution in [0.1, 0.15) is 41.7 Å². The van der Waals surface area contributed by atoms with Gasteiger partial charge in [-0.2, -0.15) is 0 Å². The summed E-state index contributed by atoms with van der Waals surface area (Å²) < 4.78 is 26.3. The summed E-state index contributed by atoms with van der Waals surface area (Å²) in [5, 5.41) is 7.62. The summed E-state index contributed by atoms with van der Waals surface area (Å²) in [7, 11) is 0. The van der Waals surface area contributed by atoms with Crippen LogP contribution in [0.15, 0.2) is 54.6 Å². The van der Waals surface area contributed by atoms with Crippen LogP contribution in [0, 0.1) is 11.6 Å². The Kier molecular flexibility index (Phi) is 5.81. The van der Waals surface area contributed by atoms with Gasteiger partial charge < -0.3 is 10.6 Å². The smallest absolute Gasteiger partial charge is 0.251 e. The molecule has 1 aliphatic rings. The standard InChI is InChI=1S/C23H23F2N3O/c24-20-12-6-16(13-21(20)25)23(29)28-18-10-8-17(9-11-18)26-14-19-7-5-15-3-1-2-4-22(15)27-19/h1-7,12-13,17-18,26H,8-11,14H2,(H,28,29). The molecule has 1 saturated carbocycles. The van der Waals surface area contributed by atoms with Gasteiger partial charge in [0.1, 0.15) is 0 Å². The van der Waals surface area contributed by atoms with Gasteiger partial charge >= 0.3 is 0 Å². The summed E-state index contributed by atoms with van der Waals surface area (Å²) in [5.41, 5.74) is 2.15. The molecule has 0 atom stereocenters. The normalized spacial score (nSPS) is 19.2. The van der Waals surface area contributed by atoms with Crippen molar-refractivity contribution in [1.82, 2.24) is 15.6 Å². The average Bonchev–Trinajstić information content (AvgIpc) is 2.75. The van der Waals surface area contributed by atoms with Gasteiger partial charge in [0.2, 0.25) is 0 Å². The van der Waals surface area contributed by atoms with Gasteiger partial charge in [-0.1, -0.05) is 24.3 Å². The summed E-state index contributed by atoms with van der Waals surface area (Å²) in [6, 6.07) is 15.8. The lowest BCUT2D eigenvalue weighted by Gasteiger charge is -2.29. The second-order valence-corrected chi connectivity index (χ2v) is 7.53. The van der Waals surface area contributed by atoms with Gasteiger partial charge in [0, 0.05) is 29.6 Å². The van der Waals surface area contributed by atoms with Crippen molar-refractivity contribution in [2.45, 2.75) is 44.3 Å². The van der Waals surface area contributed by atoms with E-state index in [0.29, 0.717) is 12.6 Å². The number of rotatable bonds is 5. The Balaban J connectivity index is 1.25. The zero-order valence-electron chi connectivity index (χ0n) is 16.0. The molecule has 1 aromatic heterocycles. The molecule has 0 bridgehead atoms. The van der Waals surface area contributed by atoms with Gasteiger partial charge in [0.15, 0.2) is 11.6 Å². The lowest BCUT2D eigenvalue weighted by atomic mass is 9.91. The van der Waals surface area contributed by atoms with E-state index in [4.69, 9.17) is 0 Å². The number of benzene rings is 2. The largest absolute Gasteiger partial charge is 0.349 e. The third-order valence-electron chi connectivity index (χ3n) is 5.47. The molecule has 150 valence electrons. The molecule has 1 amide bonds. The van der Waals surface area contributed by atoms with Crippen LogP contribution in [0.4, 0.5) is 8.78 Å². The van der Waals surface area contributed by atoms with E-state index in [-0.39, 0.29) is 17.5 Å². The summed E-state index contributed by atoms with van der Waals surface area (Å²) in [6.45, 7) is 0.710. The van der Waals surface area contributed by atoms with Crippen molar-refractivity contribution < 1.29 is 13.6 Å². The average molecular weight is 395 g/mol. The van der Waals surface area contributed by atoms with Crippen molar-refractivity contribution >= 4 is 16.8 Å². The molecule has 6 heteroatoms. The molecule has 4 rings (SSSR count). The van der Waals surface area contributed by atoms with Crippen molar-refractivity contribution in [3.8, 4) is 0 Å². The number of nitrogens with zero attached hydrogens (tertiary/aromatic N) is 1. The van der Waals surface area contributed by atoms with E-state index in [9.17, 15) is 13.6 Å². The Morgan fingerprint density at radius 3 is 2.48 bits per heavy atom. The fourth-order valence-electron chi connectivity index (χ4n) is 3.80. The van der Waals surface area contributed by atoms with Gasteiger partial charge in [-0.05, 0) is 56.0 Å². The van der Waals surface area contributed by atoms with Gasteiger partial charge in [0.25, 0.3) is 5.91 Å². The van der Waals surface area contributed by atoms with Crippen molar-refractivity contribution in [2.75, 3.05) is 0 Å². The van der Waals surface area contributed by atoms with E-state index >= 15 is 0 Å². The third kappa shape index (κ3) is 4.77. The molecule has 3 aromatic rings. The first-order valence-corrected chi connectivity index (χ1v) is 9.92. The molecule has 2 N–H and O–H groups in total. The number of hydrogen-bond acceptors (Lipinski definition) is 3. The maximum Gasteiger partial charge on any atom is 0.251 e. The van der Waals surface area contributed by atoms with Gasteiger partial charge in [0.05, 0.1) is 11.2 Å². The third-order valence-corrected chi connectivity index (χ3v) is 5.47. The molecular weight excluding hydrogens is 372 g/mol. The monoisotopic (exact) mass is 395 g/mol. The number of aromatic nitrogens is 1. The van der Waals surface area contributed by atoms with Crippen LogP contribution < -0.4 is 10.6 Å². The van der Waals surface area contributed by atoms with Crippen molar-refractivity contribution in [2.24, 2.45) is 0 Å². The molecular formula is C23H23F2N3O. The minimum absolute atomic E-state index is 0.0486. The summed E-state index contributed by atoms with van der Waals surface area (Å²) in [4.78, 5) is 16.9. The highest BCUT2D eigenvalue weighted by Gasteiger charge is 2.23. The Labute approximate surface area is 168 Å². The molecule has 1 fully saturated rings. The SMILES string of the molecule is O=C(NC1CCC(NCc2ccc3ccccc3n2)CC1)c1ccc(F)c(F)c1. The zero-order valence-corrected chi connectivity index (χ0v) is 16.0. The minimum atomic E-state index is -1.01. The van der Waals surface area contributed by atoms with Crippen LogP contribution in [-0.2, 0) is 6.54 Å². The predicted octanol–water partition coefficient (Wildman–Crippen LogP) is 4.34. The van der Waals surface area contributed by atoms with E-state index in [0.717, 1.165) is 54.4 Å². The summed E-state index contributed by atoms with van der Waals surface area (Å²) >= 11 is 0. The second kappa shape index (κ2) is 8.66. The highest BCUT2D eigenvalue weighted by molar-refractivity contribution is 5.94. The number of carbonyl (C=O) groups excluding carboxylic acids is 1. The topological polar surface area (TPSA) is 54.0 Å². The highest BCUT2D eigenvalue weighted by Crippen LogP contribution is 2.20. The molecule has 29 heavy (non-hydrogen) atoms. The van der Waals surface area contributed by atoms with E-state index in [1.54, 1.807) is 0 Å². The number of halogens is 2. The molecule has 0 radical (unpaired) electrons. The molecule has 1 heterocycles. The number of carbonyl (C=O) groups is 1. The number of amides is 1. The van der Waals surface area contributed by atoms with E-state index < -0.39 is 11.6 Å². The summed E-state index contributed by atoms with van der Waals surface area (Å²) in [5.74, 6) is -2.32. The Morgan fingerprint density at radius 2 is 1.69 bits per heavy atom. The van der Waals surface area contributed by atoms with Crippen molar-refractivity contribution in [3.05, 3.63) is 77.5 Å². The van der Waals surface area contributed by atoms with E-state index in [2.05, 4.69) is 27.8 Å². The fraction of sp³-hybridized carbons (Fsp3) is 0.304. The van der Waals surface area contributed by atoms with Gasteiger partial charge in [-0.15, -0.1) is 0 Å². The molecule has 2 aromatic carbocycles. The zero-order chi connectivity index (χ0) is 20.2. The fourth-order valence-corrected chi connectivity index (χ4v) is 3.80. The van der Waals surface area contributed by atoms with Gasteiger partial charge in [-0.3, -0.25) is 9.78 Å². The van der Waals surface area contributed by atoms with Crippen LogP contribution in [-0.4, -0.2) is 23.0 Å². The Hall–Kier alpha value is -2.86. The van der Waals surface area contributed by atoms with Crippen LogP contribution in [0.5, 0.6) is 0 Å². The van der Waals surface area contributed by atoms with E-state index in [1.165, 1.54) is 6.07 Å². The number of hydrogen-bond donors (Lipinski definition) is 2. The predicted molar refractivity (Wildman–Crippen MR) is 108 cm³/mol. The van der Waals surface area contributed by atoms with E-state index in [1.807, 2.05) is 24.3 Å². The number of fused-ring (bicyclic) bond motifs is 1. The molecule has 0 saturated heterocycles. The first kappa shape index (κ1) is 19.5. The van der Waals surface area contributed by atoms with Crippen LogP contribution >= 0.6 is 0 Å². The maximum atomic E-state index is 13.3. The summed E-state index contributed by atoms with van der Waals surface area (Å²) in [6.07, 6.45) is 3.57. The second-order valence-electron chi connectivity index (χ2n) is 7.53. The lowest BCUT2D eigenvalue weighted by molar-refractivity contribution is 0.0923. The van der Waals surface area contributed by atoms with Crippen molar-refractivity contribution in [1.29, 1.82) is 0 Å². The molecule has 0 aliphatic heterocycles. The maximum absolute atomic E-state index is 13.3. The van der Waals surface area contributed by atoms with Gasteiger partial charge in [-0.25, -0.2) is 8.78 Å². The quantitative estimate of drug-likeness (QED) is 0.676. The molecule has 0 unspecified atom stereocenters. The Morgan fingerprint density at radius 1 is 0.931 bits per heavy atom. The molecule has 4 nitrogen and oxygen atoms in total. The number of para-hydroxylation sites is 1. The van der Waals surface area contributed by atoms with Crippen LogP contribution in [0.25, 0.3) is 10.9 Å². The highest BCUT2D eigenvalue weighted by atomic mass is 19.2. The first-order chi connectivity index (χ1) is 14.1. The first-order valence-electron chi connectivity index (χ1n) is 9.92. The van der Waals surface area contributed by atoms with Crippen LogP contribution in [0.2, 0.25) is 0 Å². The number of nitrogens with one attached hydrogen (secondary N) is 2. The number of pyridine rings is 1. The molecule has 0 spiro atoms. The van der Waals surface area contributed by atoms with Crippen LogP contribution in [0.3, 0.4) is 0 Å². The van der Waals surface area contributed by atoms with Crippen molar-refractivity contribution in [3.63, 3.8) is 0 Å². The minimum Gasteiger partial charge on any atom is -0.349 e. The molecule has 1 aliphatic carbocycles.